The van der Waals surface area contributed by atoms with Gasteiger partial charge in [-0.2, -0.15) is 9.37 Å². The fourth-order valence-electron chi connectivity index (χ4n) is 3.35. The van der Waals surface area contributed by atoms with Crippen LogP contribution in [0.1, 0.15) is 22.4 Å². The lowest BCUT2D eigenvalue weighted by molar-refractivity contribution is -0.0299. The Balaban J connectivity index is 1.52. The van der Waals surface area contributed by atoms with Gasteiger partial charge in [0.15, 0.2) is 5.13 Å². The van der Waals surface area contributed by atoms with Crippen molar-refractivity contribution in [2.24, 2.45) is 0 Å². The first kappa shape index (κ1) is 14.0. The zero-order valence-corrected chi connectivity index (χ0v) is 13.1. The molecule has 116 valence electrons. The van der Waals surface area contributed by atoms with Gasteiger partial charge >= 0.3 is 0 Å². The second-order valence-electron chi connectivity index (χ2n) is 5.76. The van der Waals surface area contributed by atoms with Crippen LogP contribution < -0.4 is 5.32 Å². The van der Waals surface area contributed by atoms with Crippen LogP contribution in [0.3, 0.4) is 0 Å². The van der Waals surface area contributed by atoms with Crippen LogP contribution in [0, 0.1) is 5.95 Å². The molecule has 1 atom stereocenters. The predicted octanol–water partition coefficient (Wildman–Crippen LogP) is 2.35. The van der Waals surface area contributed by atoms with Crippen LogP contribution >= 0.6 is 11.3 Å². The third-order valence-corrected chi connectivity index (χ3v) is 5.47. The molecule has 0 amide bonds. The van der Waals surface area contributed by atoms with Crippen molar-refractivity contribution in [3.05, 3.63) is 40.4 Å². The summed E-state index contributed by atoms with van der Waals surface area (Å²) in [7, 11) is 1.75. The van der Waals surface area contributed by atoms with Crippen molar-refractivity contribution in [3.63, 3.8) is 0 Å². The van der Waals surface area contributed by atoms with E-state index >= 15 is 0 Å². The van der Waals surface area contributed by atoms with Crippen LogP contribution in [-0.2, 0) is 23.5 Å². The highest BCUT2D eigenvalue weighted by Crippen LogP contribution is 2.43. The van der Waals surface area contributed by atoms with E-state index in [1.54, 1.807) is 7.05 Å². The fourth-order valence-corrected chi connectivity index (χ4v) is 4.19. The molecule has 1 saturated heterocycles. The molecule has 1 fully saturated rings. The number of likely N-dealkylation sites (tertiary alicyclic amines) is 1. The average molecular weight is 320 g/mol. The quantitative estimate of drug-likeness (QED) is 0.941. The van der Waals surface area contributed by atoms with E-state index in [9.17, 15) is 4.39 Å². The van der Waals surface area contributed by atoms with E-state index in [0.717, 1.165) is 19.5 Å². The van der Waals surface area contributed by atoms with E-state index in [2.05, 4.69) is 26.3 Å². The maximum atomic E-state index is 13.9. The molecule has 0 aliphatic carbocycles. The molecule has 0 bridgehead atoms. The summed E-state index contributed by atoms with van der Waals surface area (Å²) in [4.78, 5) is 11.0. The third kappa shape index (κ3) is 2.20. The summed E-state index contributed by atoms with van der Waals surface area (Å²) in [5.41, 5.74) is 2.17. The Hall–Kier alpha value is -1.57. The second kappa shape index (κ2) is 5.26. The van der Waals surface area contributed by atoms with E-state index in [0.29, 0.717) is 23.2 Å². The monoisotopic (exact) mass is 320 g/mol. The van der Waals surface area contributed by atoms with Gasteiger partial charge in [0.25, 0.3) is 0 Å². The molecular formula is C15H17FN4OS. The van der Waals surface area contributed by atoms with Crippen molar-refractivity contribution >= 4 is 16.5 Å². The topological polar surface area (TPSA) is 50.3 Å². The largest absolute Gasteiger partial charge is 0.365 e. The number of rotatable bonds is 3. The summed E-state index contributed by atoms with van der Waals surface area (Å²) in [6.07, 6.45) is 4.64. The first-order valence-corrected chi connectivity index (χ1v) is 8.14. The average Bonchev–Trinajstić information content (AvgIpc) is 3.21. The highest BCUT2D eigenvalue weighted by Gasteiger charge is 2.45. The lowest BCUT2D eigenvalue weighted by Gasteiger charge is -2.24. The number of ether oxygens (including phenoxy) is 1. The number of anilines is 1. The second-order valence-corrected chi connectivity index (χ2v) is 6.84. The molecule has 5 nitrogen and oxygen atoms in total. The molecular weight excluding hydrogens is 303 g/mol. The third-order valence-electron chi connectivity index (χ3n) is 4.44. The number of nitrogens with zero attached hydrogens (tertiary/aromatic N) is 3. The first-order valence-electron chi connectivity index (χ1n) is 7.33. The number of halogens is 1. The van der Waals surface area contributed by atoms with Gasteiger partial charge in [0.2, 0.25) is 5.95 Å². The Bertz CT molecular complexity index is 707. The molecule has 7 heteroatoms. The number of hydrogen-bond donors (Lipinski definition) is 1. The standard InChI is InChI=1S/C15H17FN4OS/c1-17-14-19-13(16)12(22-14)7-20-5-3-15(9-20)11-2-4-18-6-10(11)8-21-15/h2,4,6H,3,5,7-9H2,1H3,(H,17,19). The molecule has 1 unspecified atom stereocenters. The summed E-state index contributed by atoms with van der Waals surface area (Å²) in [5, 5.41) is 3.51. The maximum absolute atomic E-state index is 13.9. The van der Waals surface area contributed by atoms with Gasteiger partial charge in [-0.1, -0.05) is 11.3 Å². The van der Waals surface area contributed by atoms with E-state index in [4.69, 9.17) is 4.74 Å². The summed E-state index contributed by atoms with van der Waals surface area (Å²) < 4.78 is 19.9. The molecule has 2 aromatic rings. The summed E-state index contributed by atoms with van der Waals surface area (Å²) in [5.74, 6) is -0.368. The van der Waals surface area contributed by atoms with Crippen LogP contribution in [0.25, 0.3) is 0 Å². The van der Waals surface area contributed by atoms with Crippen LogP contribution in [0.2, 0.25) is 0 Å². The van der Waals surface area contributed by atoms with Crippen molar-refractivity contribution < 1.29 is 9.13 Å². The van der Waals surface area contributed by atoms with E-state index in [1.807, 2.05) is 12.4 Å². The van der Waals surface area contributed by atoms with Gasteiger partial charge < -0.3 is 10.1 Å². The fraction of sp³-hybridized carbons (Fsp3) is 0.467. The van der Waals surface area contributed by atoms with Gasteiger partial charge in [0.1, 0.15) is 5.60 Å². The first-order chi connectivity index (χ1) is 10.7. The Morgan fingerprint density at radius 2 is 2.45 bits per heavy atom. The SMILES string of the molecule is CNc1nc(F)c(CN2CCC3(C2)OCc2cnccc23)s1. The summed E-state index contributed by atoms with van der Waals surface area (Å²) in [6, 6.07) is 2.05. The lowest BCUT2D eigenvalue weighted by atomic mass is 9.93. The van der Waals surface area contributed by atoms with E-state index in [-0.39, 0.29) is 11.5 Å². The van der Waals surface area contributed by atoms with Gasteiger partial charge in [-0.15, -0.1) is 0 Å². The molecule has 0 saturated carbocycles. The Labute approximate surface area is 132 Å². The maximum Gasteiger partial charge on any atom is 0.230 e. The smallest absolute Gasteiger partial charge is 0.230 e. The van der Waals surface area contributed by atoms with Crippen LogP contribution in [0.5, 0.6) is 0 Å². The van der Waals surface area contributed by atoms with Crippen molar-refractivity contribution in [1.82, 2.24) is 14.9 Å². The zero-order valence-electron chi connectivity index (χ0n) is 12.3. The minimum absolute atomic E-state index is 0.245. The number of pyridine rings is 1. The van der Waals surface area contributed by atoms with Crippen LogP contribution in [0.15, 0.2) is 18.5 Å². The zero-order chi connectivity index (χ0) is 15.2. The molecule has 22 heavy (non-hydrogen) atoms. The van der Waals surface area contributed by atoms with E-state index in [1.165, 1.54) is 22.5 Å². The Morgan fingerprint density at radius 3 is 3.27 bits per heavy atom. The molecule has 2 aliphatic rings. The molecule has 1 N–H and O–H groups in total. The molecule has 4 heterocycles. The molecule has 0 radical (unpaired) electrons. The number of aromatic nitrogens is 2. The van der Waals surface area contributed by atoms with Gasteiger partial charge in [-0.05, 0) is 18.1 Å². The number of fused-ring (bicyclic) bond motifs is 2. The Morgan fingerprint density at radius 1 is 1.55 bits per heavy atom. The van der Waals surface area contributed by atoms with Gasteiger partial charge in [0.05, 0.1) is 11.5 Å². The lowest BCUT2D eigenvalue weighted by Crippen LogP contribution is -2.30. The van der Waals surface area contributed by atoms with Crippen molar-refractivity contribution in [1.29, 1.82) is 0 Å². The molecule has 2 aromatic heterocycles. The highest BCUT2D eigenvalue weighted by atomic mass is 32.1. The number of hydrogen-bond acceptors (Lipinski definition) is 6. The number of thiazole rings is 1. The molecule has 4 rings (SSSR count). The number of nitrogens with one attached hydrogen (secondary N) is 1. The van der Waals surface area contributed by atoms with Crippen LogP contribution in [-0.4, -0.2) is 35.0 Å². The minimum atomic E-state index is -0.368. The highest BCUT2D eigenvalue weighted by molar-refractivity contribution is 7.15. The van der Waals surface area contributed by atoms with Gasteiger partial charge in [-0.3, -0.25) is 9.88 Å². The summed E-state index contributed by atoms with van der Waals surface area (Å²) in [6.45, 7) is 2.89. The van der Waals surface area contributed by atoms with Crippen LogP contribution in [0.4, 0.5) is 9.52 Å². The predicted molar refractivity (Wildman–Crippen MR) is 82.2 cm³/mol. The van der Waals surface area contributed by atoms with Crippen molar-refractivity contribution in [2.75, 3.05) is 25.5 Å². The van der Waals surface area contributed by atoms with E-state index < -0.39 is 0 Å². The van der Waals surface area contributed by atoms with Crippen molar-refractivity contribution in [2.45, 2.75) is 25.2 Å². The van der Waals surface area contributed by atoms with Gasteiger partial charge in [0, 0.05) is 44.6 Å². The summed E-state index contributed by atoms with van der Waals surface area (Å²) >= 11 is 1.37. The van der Waals surface area contributed by atoms with Gasteiger partial charge in [-0.25, -0.2) is 0 Å². The van der Waals surface area contributed by atoms with Crippen molar-refractivity contribution in [3.8, 4) is 0 Å². The molecule has 2 aliphatic heterocycles. The molecule has 1 spiro atoms. The minimum Gasteiger partial charge on any atom is -0.365 e. The molecule has 0 aromatic carbocycles. The Kier molecular flexibility index (Phi) is 3.36. The normalized spacial score (nSPS) is 24.1.